The van der Waals surface area contributed by atoms with E-state index in [4.69, 9.17) is 0 Å². The molecule has 4 rings (SSSR count). The van der Waals surface area contributed by atoms with Crippen LogP contribution in [0.2, 0.25) is 0 Å². The monoisotopic (exact) mass is 370 g/mol. The van der Waals surface area contributed by atoms with Crippen LogP contribution in [0.25, 0.3) is 11.1 Å². The molecular weight excluding hydrogens is 349 g/mol. The molecule has 140 valence electrons. The SMILES string of the molecule is FC(F)(F)c1ccc(-c2cn(Cc3ccccc3)c3c2CCNCC3)cc1. The molecule has 0 aliphatic carbocycles. The molecule has 5 heteroatoms. The minimum absolute atomic E-state index is 0.609. The number of rotatable bonds is 3. The van der Waals surface area contributed by atoms with Gasteiger partial charge in [-0.05, 0) is 41.8 Å². The Morgan fingerprint density at radius 1 is 0.889 bits per heavy atom. The molecule has 0 bridgehead atoms. The molecule has 1 aliphatic heterocycles. The molecule has 0 atom stereocenters. The molecule has 27 heavy (non-hydrogen) atoms. The first-order valence-electron chi connectivity index (χ1n) is 9.15. The smallest absolute Gasteiger partial charge is 0.346 e. The van der Waals surface area contributed by atoms with Crippen LogP contribution in [0.15, 0.2) is 60.8 Å². The number of hydrogen-bond acceptors (Lipinski definition) is 1. The zero-order valence-corrected chi connectivity index (χ0v) is 14.9. The Kier molecular flexibility index (Phi) is 4.79. The summed E-state index contributed by atoms with van der Waals surface area (Å²) < 4.78 is 40.9. The summed E-state index contributed by atoms with van der Waals surface area (Å²) in [5, 5.41) is 3.42. The summed E-state index contributed by atoms with van der Waals surface area (Å²) in [4.78, 5) is 0. The Morgan fingerprint density at radius 2 is 1.59 bits per heavy atom. The Labute approximate surface area is 156 Å². The standard InChI is InChI=1S/C22H21F3N2/c23-22(24,25)18-8-6-17(7-9-18)20-15-27(14-16-4-2-1-3-5-16)21-11-13-26-12-10-19(20)21/h1-9,15,26H,10-14H2. The van der Waals surface area contributed by atoms with E-state index in [0.29, 0.717) is 0 Å². The fraction of sp³-hybridized carbons (Fsp3) is 0.273. The van der Waals surface area contributed by atoms with Crippen molar-refractivity contribution < 1.29 is 13.2 Å². The molecule has 0 fully saturated rings. The predicted molar refractivity (Wildman–Crippen MR) is 101 cm³/mol. The third-order valence-corrected chi connectivity index (χ3v) is 5.11. The van der Waals surface area contributed by atoms with E-state index in [1.54, 1.807) is 12.1 Å². The number of nitrogens with one attached hydrogen (secondary N) is 1. The topological polar surface area (TPSA) is 17.0 Å². The highest BCUT2D eigenvalue weighted by Crippen LogP contribution is 2.34. The van der Waals surface area contributed by atoms with Crippen molar-refractivity contribution in [2.75, 3.05) is 13.1 Å². The van der Waals surface area contributed by atoms with Gasteiger partial charge in [0.25, 0.3) is 0 Å². The van der Waals surface area contributed by atoms with Gasteiger partial charge < -0.3 is 9.88 Å². The highest BCUT2D eigenvalue weighted by Gasteiger charge is 2.30. The normalized spacial score (nSPS) is 14.6. The second kappa shape index (κ2) is 7.24. The van der Waals surface area contributed by atoms with Crippen LogP contribution >= 0.6 is 0 Å². The molecule has 1 aromatic heterocycles. The Hall–Kier alpha value is -2.53. The van der Waals surface area contributed by atoms with Crippen LogP contribution in [-0.2, 0) is 25.6 Å². The molecule has 1 aliphatic rings. The lowest BCUT2D eigenvalue weighted by Gasteiger charge is -2.09. The van der Waals surface area contributed by atoms with Crippen LogP contribution in [0.3, 0.4) is 0 Å². The lowest BCUT2D eigenvalue weighted by molar-refractivity contribution is -0.137. The fourth-order valence-corrected chi connectivity index (χ4v) is 3.77. The van der Waals surface area contributed by atoms with E-state index in [1.165, 1.54) is 29.0 Å². The number of fused-ring (bicyclic) bond motifs is 1. The van der Waals surface area contributed by atoms with Gasteiger partial charge in [0.2, 0.25) is 0 Å². The van der Waals surface area contributed by atoms with Crippen LogP contribution in [0.5, 0.6) is 0 Å². The molecule has 3 aromatic rings. The number of alkyl halides is 3. The van der Waals surface area contributed by atoms with Crippen molar-refractivity contribution in [3.8, 4) is 11.1 Å². The quantitative estimate of drug-likeness (QED) is 0.693. The molecule has 0 saturated carbocycles. The molecule has 0 spiro atoms. The second-order valence-corrected chi connectivity index (χ2v) is 6.91. The highest BCUT2D eigenvalue weighted by molar-refractivity contribution is 5.69. The van der Waals surface area contributed by atoms with Gasteiger partial charge >= 0.3 is 6.18 Å². The first-order chi connectivity index (χ1) is 13.0. The van der Waals surface area contributed by atoms with Gasteiger partial charge in [0.1, 0.15) is 0 Å². The van der Waals surface area contributed by atoms with Gasteiger partial charge in [0.05, 0.1) is 5.56 Å². The average Bonchev–Trinajstić information content (AvgIpc) is 2.83. The van der Waals surface area contributed by atoms with Gasteiger partial charge in [0.15, 0.2) is 0 Å². The van der Waals surface area contributed by atoms with Crippen molar-refractivity contribution >= 4 is 0 Å². The molecule has 2 heterocycles. The summed E-state index contributed by atoms with van der Waals surface area (Å²) in [7, 11) is 0. The Balaban J connectivity index is 1.74. The van der Waals surface area contributed by atoms with Crippen LogP contribution in [-0.4, -0.2) is 17.7 Å². The number of benzene rings is 2. The van der Waals surface area contributed by atoms with Gasteiger partial charge in [-0.15, -0.1) is 0 Å². The minimum Gasteiger partial charge on any atom is -0.346 e. The molecule has 1 N–H and O–H groups in total. The summed E-state index contributed by atoms with van der Waals surface area (Å²) in [6, 6.07) is 15.8. The summed E-state index contributed by atoms with van der Waals surface area (Å²) in [5.41, 5.74) is 5.01. The first-order valence-corrected chi connectivity index (χ1v) is 9.15. The van der Waals surface area contributed by atoms with E-state index < -0.39 is 11.7 Å². The van der Waals surface area contributed by atoms with Crippen molar-refractivity contribution in [3.63, 3.8) is 0 Å². The maximum atomic E-state index is 12.9. The highest BCUT2D eigenvalue weighted by atomic mass is 19.4. The fourth-order valence-electron chi connectivity index (χ4n) is 3.77. The van der Waals surface area contributed by atoms with Crippen LogP contribution in [0.4, 0.5) is 13.2 Å². The predicted octanol–water partition coefficient (Wildman–Crippen LogP) is 4.91. The van der Waals surface area contributed by atoms with Crippen molar-refractivity contribution in [1.29, 1.82) is 0 Å². The number of halogens is 3. The minimum atomic E-state index is -4.31. The van der Waals surface area contributed by atoms with E-state index in [9.17, 15) is 13.2 Å². The lowest BCUT2D eigenvalue weighted by atomic mass is 9.99. The zero-order valence-electron chi connectivity index (χ0n) is 14.9. The van der Waals surface area contributed by atoms with Gasteiger partial charge in [0, 0.05) is 37.0 Å². The Morgan fingerprint density at radius 3 is 2.30 bits per heavy atom. The summed E-state index contributed by atoms with van der Waals surface area (Å²) in [6.07, 6.45) is -0.402. The third-order valence-electron chi connectivity index (χ3n) is 5.11. The largest absolute Gasteiger partial charge is 0.416 e. The lowest BCUT2D eigenvalue weighted by Crippen LogP contribution is -2.17. The first kappa shape index (κ1) is 17.9. The van der Waals surface area contributed by atoms with Crippen molar-refractivity contribution in [1.82, 2.24) is 9.88 Å². The number of nitrogens with zero attached hydrogens (tertiary/aromatic N) is 1. The van der Waals surface area contributed by atoms with Gasteiger partial charge in [-0.2, -0.15) is 13.2 Å². The number of hydrogen-bond donors (Lipinski definition) is 1. The summed E-state index contributed by atoms with van der Waals surface area (Å²) in [6.45, 7) is 2.57. The van der Waals surface area contributed by atoms with E-state index in [2.05, 4.69) is 28.2 Å². The second-order valence-electron chi connectivity index (χ2n) is 6.91. The van der Waals surface area contributed by atoms with Crippen molar-refractivity contribution in [2.24, 2.45) is 0 Å². The molecule has 2 aromatic carbocycles. The average molecular weight is 370 g/mol. The van der Waals surface area contributed by atoms with Crippen LogP contribution in [0.1, 0.15) is 22.4 Å². The van der Waals surface area contributed by atoms with Gasteiger partial charge in [-0.3, -0.25) is 0 Å². The van der Waals surface area contributed by atoms with Gasteiger partial charge in [-0.25, -0.2) is 0 Å². The van der Waals surface area contributed by atoms with E-state index in [-0.39, 0.29) is 0 Å². The van der Waals surface area contributed by atoms with Crippen molar-refractivity contribution in [2.45, 2.75) is 25.6 Å². The van der Waals surface area contributed by atoms with Crippen LogP contribution in [0, 0.1) is 0 Å². The molecular formula is C22H21F3N2. The van der Waals surface area contributed by atoms with Crippen LogP contribution < -0.4 is 5.32 Å². The molecule has 0 amide bonds. The Bertz CT molecular complexity index is 909. The molecule has 2 nitrogen and oxygen atoms in total. The zero-order chi connectivity index (χ0) is 18.9. The number of aromatic nitrogens is 1. The maximum Gasteiger partial charge on any atom is 0.416 e. The summed E-state index contributed by atoms with van der Waals surface area (Å²) in [5.74, 6) is 0. The molecule has 0 unspecified atom stereocenters. The molecule has 0 saturated heterocycles. The van der Waals surface area contributed by atoms with Crippen molar-refractivity contribution in [3.05, 3.63) is 83.2 Å². The van der Waals surface area contributed by atoms with E-state index in [1.807, 2.05) is 18.2 Å². The summed E-state index contributed by atoms with van der Waals surface area (Å²) >= 11 is 0. The van der Waals surface area contributed by atoms with E-state index in [0.717, 1.165) is 43.6 Å². The maximum absolute atomic E-state index is 12.9. The van der Waals surface area contributed by atoms with E-state index >= 15 is 0 Å². The van der Waals surface area contributed by atoms with Gasteiger partial charge in [-0.1, -0.05) is 42.5 Å². The molecule has 0 radical (unpaired) electrons. The third kappa shape index (κ3) is 3.78.